The van der Waals surface area contributed by atoms with Gasteiger partial charge in [-0.3, -0.25) is 9.79 Å². The number of methoxy groups -OCH3 is 2. The van der Waals surface area contributed by atoms with E-state index >= 15 is 0 Å². The molecular weight excluding hydrogens is 457 g/mol. The van der Waals surface area contributed by atoms with Crippen molar-refractivity contribution in [1.82, 2.24) is 10.6 Å². The van der Waals surface area contributed by atoms with Crippen molar-refractivity contribution >= 4 is 47.5 Å². The Hall–Kier alpha value is -1.22. The Labute approximate surface area is 171 Å². The van der Waals surface area contributed by atoms with Crippen LogP contribution in [-0.2, 0) is 16.0 Å². The van der Waals surface area contributed by atoms with Crippen molar-refractivity contribution in [2.75, 3.05) is 33.9 Å². The number of hydrogen-bond donors (Lipinski definition) is 2. The molecule has 1 unspecified atom stereocenters. The SMILES string of the molecule is CCNC(=NCC(C)C(=O)OC)NCCc1ccc(OC)cc1Cl.I. The van der Waals surface area contributed by atoms with E-state index < -0.39 is 0 Å². The van der Waals surface area contributed by atoms with E-state index in [2.05, 4.69) is 15.6 Å². The summed E-state index contributed by atoms with van der Waals surface area (Å²) in [6.45, 7) is 5.55. The Bertz CT molecular complexity index is 570. The van der Waals surface area contributed by atoms with Crippen LogP contribution in [0.5, 0.6) is 5.75 Å². The summed E-state index contributed by atoms with van der Waals surface area (Å²) >= 11 is 6.23. The van der Waals surface area contributed by atoms with Crippen molar-refractivity contribution in [3.05, 3.63) is 28.8 Å². The molecule has 6 nitrogen and oxygen atoms in total. The van der Waals surface area contributed by atoms with Gasteiger partial charge in [0.05, 0.1) is 26.7 Å². The van der Waals surface area contributed by atoms with E-state index in [0.29, 0.717) is 24.1 Å². The van der Waals surface area contributed by atoms with Crippen molar-refractivity contribution in [3.8, 4) is 5.75 Å². The highest BCUT2D eigenvalue weighted by Gasteiger charge is 2.12. The maximum Gasteiger partial charge on any atom is 0.310 e. The van der Waals surface area contributed by atoms with Crippen LogP contribution in [0.2, 0.25) is 5.02 Å². The molecule has 0 saturated heterocycles. The van der Waals surface area contributed by atoms with E-state index in [1.807, 2.05) is 19.1 Å². The van der Waals surface area contributed by atoms with Crippen molar-refractivity contribution in [2.24, 2.45) is 10.9 Å². The number of esters is 1. The second-order valence-corrected chi connectivity index (χ2v) is 5.69. The van der Waals surface area contributed by atoms with Gasteiger partial charge in [0.25, 0.3) is 0 Å². The molecule has 1 atom stereocenters. The predicted molar refractivity (Wildman–Crippen MR) is 112 cm³/mol. The Morgan fingerprint density at radius 2 is 2.04 bits per heavy atom. The number of ether oxygens (including phenoxy) is 2. The first-order valence-electron chi connectivity index (χ1n) is 7.94. The second-order valence-electron chi connectivity index (χ2n) is 5.28. The zero-order chi connectivity index (χ0) is 17.9. The minimum Gasteiger partial charge on any atom is -0.497 e. The number of carbonyl (C=O) groups excluding carboxylic acids is 1. The average Bonchev–Trinajstić information content (AvgIpc) is 2.59. The summed E-state index contributed by atoms with van der Waals surface area (Å²) in [5.74, 6) is 0.863. The van der Waals surface area contributed by atoms with Gasteiger partial charge >= 0.3 is 5.97 Å². The molecule has 25 heavy (non-hydrogen) atoms. The Morgan fingerprint density at radius 1 is 1.32 bits per heavy atom. The zero-order valence-electron chi connectivity index (χ0n) is 15.1. The molecule has 0 fully saturated rings. The van der Waals surface area contributed by atoms with Gasteiger partial charge < -0.3 is 20.1 Å². The van der Waals surface area contributed by atoms with Crippen LogP contribution >= 0.6 is 35.6 Å². The lowest BCUT2D eigenvalue weighted by molar-refractivity contribution is -0.144. The van der Waals surface area contributed by atoms with Gasteiger partial charge in [-0.25, -0.2) is 0 Å². The van der Waals surface area contributed by atoms with Gasteiger partial charge in [-0.2, -0.15) is 0 Å². The maximum atomic E-state index is 11.4. The molecule has 1 rings (SSSR count). The molecule has 1 aromatic carbocycles. The number of halogens is 2. The highest BCUT2D eigenvalue weighted by atomic mass is 127. The van der Waals surface area contributed by atoms with Crippen LogP contribution in [0.4, 0.5) is 0 Å². The maximum absolute atomic E-state index is 11.4. The molecule has 2 N–H and O–H groups in total. The third-order valence-electron chi connectivity index (χ3n) is 3.42. The number of benzene rings is 1. The van der Waals surface area contributed by atoms with Crippen molar-refractivity contribution in [3.63, 3.8) is 0 Å². The van der Waals surface area contributed by atoms with Gasteiger partial charge in [0.15, 0.2) is 5.96 Å². The lowest BCUT2D eigenvalue weighted by Crippen LogP contribution is -2.38. The van der Waals surface area contributed by atoms with Gasteiger partial charge in [-0.05, 0) is 31.0 Å². The molecule has 0 spiro atoms. The van der Waals surface area contributed by atoms with Crippen LogP contribution < -0.4 is 15.4 Å². The van der Waals surface area contributed by atoms with Crippen molar-refractivity contribution in [1.29, 1.82) is 0 Å². The first-order valence-corrected chi connectivity index (χ1v) is 8.32. The van der Waals surface area contributed by atoms with Crippen LogP contribution in [0.25, 0.3) is 0 Å². The molecule has 0 saturated carbocycles. The van der Waals surface area contributed by atoms with E-state index in [4.69, 9.17) is 21.1 Å². The topological polar surface area (TPSA) is 72.0 Å². The van der Waals surface area contributed by atoms with Gasteiger partial charge in [-0.15, -0.1) is 24.0 Å². The van der Waals surface area contributed by atoms with Crippen LogP contribution in [0.1, 0.15) is 19.4 Å². The van der Waals surface area contributed by atoms with E-state index in [1.165, 1.54) is 7.11 Å². The van der Waals surface area contributed by atoms with E-state index in [-0.39, 0.29) is 35.9 Å². The molecule has 0 amide bonds. The molecule has 8 heteroatoms. The molecule has 0 aliphatic heterocycles. The van der Waals surface area contributed by atoms with E-state index in [0.717, 1.165) is 24.3 Å². The normalized spacial score (nSPS) is 12.0. The Kier molecular flexibility index (Phi) is 12.4. The Balaban J connectivity index is 0.00000576. The first kappa shape index (κ1) is 23.8. The van der Waals surface area contributed by atoms with Crippen LogP contribution in [0.15, 0.2) is 23.2 Å². The molecule has 0 aliphatic rings. The average molecular weight is 484 g/mol. The minimum atomic E-state index is -0.276. The molecular formula is C17H27ClIN3O3. The number of nitrogens with one attached hydrogen (secondary N) is 2. The number of carbonyl (C=O) groups is 1. The molecule has 0 radical (unpaired) electrons. The summed E-state index contributed by atoms with van der Waals surface area (Å²) in [5, 5.41) is 7.06. The van der Waals surface area contributed by atoms with Crippen molar-refractivity contribution in [2.45, 2.75) is 20.3 Å². The largest absolute Gasteiger partial charge is 0.497 e. The number of guanidine groups is 1. The van der Waals surface area contributed by atoms with Crippen LogP contribution in [-0.4, -0.2) is 45.8 Å². The van der Waals surface area contributed by atoms with Gasteiger partial charge in [-0.1, -0.05) is 24.6 Å². The molecule has 142 valence electrons. The number of hydrogen-bond acceptors (Lipinski definition) is 4. The lowest BCUT2D eigenvalue weighted by atomic mass is 10.1. The standard InChI is InChI=1S/C17H26ClN3O3.HI/c1-5-19-17(21-11-12(2)16(22)24-4)20-9-8-13-6-7-14(23-3)10-15(13)18;/h6-7,10,12H,5,8-9,11H2,1-4H3,(H2,19,20,21);1H. The van der Waals surface area contributed by atoms with E-state index in [9.17, 15) is 4.79 Å². The summed E-state index contributed by atoms with van der Waals surface area (Å²) in [5.41, 5.74) is 1.03. The fraction of sp³-hybridized carbons (Fsp3) is 0.529. The summed E-state index contributed by atoms with van der Waals surface area (Å²) in [6.07, 6.45) is 0.750. The molecule has 0 heterocycles. The zero-order valence-corrected chi connectivity index (χ0v) is 18.2. The van der Waals surface area contributed by atoms with Gasteiger partial charge in [0.2, 0.25) is 0 Å². The van der Waals surface area contributed by atoms with Crippen molar-refractivity contribution < 1.29 is 14.3 Å². The highest BCUT2D eigenvalue weighted by molar-refractivity contribution is 14.0. The number of nitrogens with zero attached hydrogens (tertiary/aromatic N) is 1. The summed E-state index contributed by atoms with van der Waals surface area (Å²) in [7, 11) is 2.99. The van der Waals surface area contributed by atoms with Crippen LogP contribution in [0.3, 0.4) is 0 Å². The highest BCUT2D eigenvalue weighted by Crippen LogP contribution is 2.22. The molecule has 0 bridgehead atoms. The summed E-state index contributed by atoms with van der Waals surface area (Å²) in [6, 6.07) is 5.64. The monoisotopic (exact) mass is 483 g/mol. The smallest absolute Gasteiger partial charge is 0.310 e. The second kappa shape index (κ2) is 13.0. The van der Waals surface area contributed by atoms with Crippen LogP contribution in [0, 0.1) is 5.92 Å². The number of rotatable bonds is 8. The fourth-order valence-corrected chi connectivity index (χ4v) is 2.28. The first-order chi connectivity index (χ1) is 11.5. The minimum absolute atomic E-state index is 0. The third kappa shape index (κ3) is 8.62. The number of aliphatic imine (C=N–C) groups is 1. The quantitative estimate of drug-likeness (QED) is 0.257. The summed E-state index contributed by atoms with van der Waals surface area (Å²) in [4.78, 5) is 15.8. The Morgan fingerprint density at radius 3 is 2.60 bits per heavy atom. The molecule has 0 aliphatic carbocycles. The molecule has 1 aromatic rings. The van der Waals surface area contributed by atoms with Gasteiger partial charge in [0, 0.05) is 18.1 Å². The lowest BCUT2D eigenvalue weighted by Gasteiger charge is -2.13. The summed E-state index contributed by atoms with van der Waals surface area (Å²) < 4.78 is 9.84. The van der Waals surface area contributed by atoms with E-state index in [1.54, 1.807) is 20.1 Å². The fourth-order valence-electron chi connectivity index (χ4n) is 2.02. The van der Waals surface area contributed by atoms with Gasteiger partial charge in [0.1, 0.15) is 5.75 Å². The third-order valence-corrected chi connectivity index (χ3v) is 3.77. The predicted octanol–water partition coefficient (Wildman–Crippen LogP) is 2.87. The molecule has 0 aromatic heterocycles.